The number of hydrogen-bond donors (Lipinski definition) is 0. The van der Waals surface area contributed by atoms with Crippen LogP contribution in [0.5, 0.6) is 5.75 Å². The molecule has 4 rings (SSSR count). The molecule has 0 aliphatic carbocycles. The molecule has 2 heterocycles. The molecule has 0 saturated heterocycles. The van der Waals surface area contributed by atoms with Gasteiger partial charge in [-0.2, -0.15) is 9.50 Å². The lowest BCUT2D eigenvalue weighted by molar-refractivity contribution is 0.414. The number of hydrogen-bond acceptors (Lipinski definition) is 5. The van der Waals surface area contributed by atoms with Crippen molar-refractivity contribution in [3.05, 3.63) is 79.5 Å². The van der Waals surface area contributed by atoms with Crippen LogP contribution >= 0.6 is 27.3 Å². The number of nitrogens with zero attached hydrogens (tertiary/aromatic N) is 3. The number of thiazole rings is 1. The second-order valence-corrected chi connectivity index (χ2v) is 7.51. The Labute approximate surface area is 167 Å². The van der Waals surface area contributed by atoms with Crippen LogP contribution < -0.4 is 14.8 Å². The van der Waals surface area contributed by atoms with Gasteiger partial charge in [-0.1, -0.05) is 69.8 Å². The van der Waals surface area contributed by atoms with E-state index in [2.05, 4.69) is 26.0 Å². The van der Waals surface area contributed by atoms with E-state index in [9.17, 15) is 4.79 Å². The first kappa shape index (κ1) is 17.6. The third-order valence-electron chi connectivity index (χ3n) is 3.96. The Balaban J connectivity index is 1.70. The van der Waals surface area contributed by atoms with Crippen molar-refractivity contribution in [2.75, 3.05) is 7.11 Å². The molecular weight excluding hydrogens is 426 g/mol. The predicted molar refractivity (Wildman–Crippen MR) is 112 cm³/mol. The van der Waals surface area contributed by atoms with E-state index in [1.165, 1.54) is 15.9 Å². The molecule has 0 amide bonds. The summed E-state index contributed by atoms with van der Waals surface area (Å²) < 4.78 is 8.14. The fourth-order valence-corrected chi connectivity index (χ4v) is 3.97. The molecular formula is C20H14BrN3O2S. The highest BCUT2D eigenvalue weighted by atomic mass is 79.9. The maximum Gasteiger partial charge on any atom is 0.291 e. The van der Waals surface area contributed by atoms with Gasteiger partial charge in [0.2, 0.25) is 4.96 Å². The van der Waals surface area contributed by atoms with E-state index < -0.39 is 0 Å². The van der Waals surface area contributed by atoms with Crippen LogP contribution in [-0.4, -0.2) is 21.7 Å². The molecule has 0 spiro atoms. The highest BCUT2D eigenvalue weighted by molar-refractivity contribution is 9.10. The number of methoxy groups -OCH3 is 1. The average molecular weight is 440 g/mol. The lowest BCUT2D eigenvalue weighted by atomic mass is 10.2. The average Bonchev–Trinajstić information content (AvgIpc) is 3.22. The number of halogens is 1. The fraction of sp³-hybridized carbons (Fsp3) is 0.0500. The summed E-state index contributed by atoms with van der Waals surface area (Å²) in [6.07, 6.45) is 5.51. The number of allylic oxidation sites excluding steroid dienone is 1. The van der Waals surface area contributed by atoms with E-state index in [0.29, 0.717) is 15.3 Å². The maximum atomic E-state index is 12.6. The first-order chi connectivity index (χ1) is 13.2. The van der Waals surface area contributed by atoms with Crippen LogP contribution in [-0.2, 0) is 0 Å². The molecule has 134 valence electrons. The van der Waals surface area contributed by atoms with E-state index in [1.807, 2.05) is 60.7 Å². The molecule has 27 heavy (non-hydrogen) atoms. The van der Waals surface area contributed by atoms with Crippen LogP contribution in [0, 0.1) is 0 Å². The Bertz CT molecular complexity index is 1260. The summed E-state index contributed by atoms with van der Waals surface area (Å²) in [6.45, 7) is 0. The SMILES string of the molecule is COc1ccccc1C=CC=c1sc2nc(-c3ccccc3Br)nn2c1=O. The first-order valence-electron chi connectivity index (χ1n) is 8.13. The summed E-state index contributed by atoms with van der Waals surface area (Å²) in [5.41, 5.74) is 1.62. The van der Waals surface area contributed by atoms with E-state index >= 15 is 0 Å². The second kappa shape index (κ2) is 7.46. The third kappa shape index (κ3) is 3.43. The smallest absolute Gasteiger partial charge is 0.291 e. The van der Waals surface area contributed by atoms with Gasteiger partial charge < -0.3 is 4.74 Å². The fourth-order valence-electron chi connectivity index (χ4n) is 2.65. The maximum absolute atomic E-state index is 12.6. The summed E-state index contributed by atoms with van der Waals surface area (Å²) in [6, 6.07) is 15.4. The van der Waals surface area contributed by atoms with Crippen molar-refractivity contribution in [3.63, 3.8) is 0 Å². The van der Waals surface area contributed by atoms with Gasteiger partial charge in [-0.3, -0.25) is 4.79 Å². The number of fused-ring (bicyclic) bond motifs is 1. The van der Waals surface area contributed by atoms with Crippen LogP contribution in [0.15, 0.2) is 63.9 Å². The number of ether oxygens (including phenoxy) is 1. The van der Waals surface area contributed by atoms with Gasteiger partial charge in [-0.15, -0.1) is 5.10 Å². The van der Waals surface area contributed by atoms with Gasteiger partial charge in [0.15, 0.2) is 5.82 Å². The molecule has 0 saturated carbocycles. The molecule has 2 aromatic carbocycles. The zero-order valence-corrected chi connectivity index (χ0v) is 16.7. The van der Waals surface area contributed by atoms with Gasteiger partial charge in [0.25, 0.3) is 5.56 Å². The van der Waals surface area contributed by atoms with E-state index in [4.69, 9.17) is 4.74 Å². The predicted octanol–water partition coefficient (Wildman–Crippen LogP) is 3.80. The van der Waals surface area contributed by atoms with Gasteiger partial charge in [-0.05, 0) is 24.3 Å². The zero-order chi connectivity index (χ0) is 18.8. The topological polar surface area (TPSA) is 56.5 Å². The standard InChI is InChI=1S/C20H14BrN3O2S/c1-26-16-11-5-2-7-13(16)8-6-12-17-19(25)24-20(27-17)22-18(23-24)14-9-3-4-10-15(14)21/h2-12H,1H3. The van der Waals surface area contributed by atoms with Gasteiger partial charge >= 0.3 is 0 Å². The van der Waals surface area contributed by atoms with Crippen LogP contribution in [0.1, 0.15) is 5.56 Å². The zero-order valence-electron chi connectivity index (χ0n) is 14.3. The van der Waals surface area contributed by atoms with E-state index in [1.54, 1.807) is 13.2 Å². The summed E-state index contributed by atoms with van der Waals surface area (Å²) >= 11 is 4.80. The van der Waals surface area contributed by atoms with Crippen molar-refractivity contribution >= 4 is 44.4 Å². The molecule has 7 heteroatoms. The first-order valence-corrected chi connectivity index (χ1v) is 9.74. The van der Waals surface area contributed by atoms with Gasteiger partial charge in [0, 0.05) is 15.6 Å². The Kier molecular flexibility index (Phi) is 4.87. The molecule has 0 atom stereocenters. The van der Waals surface area contributed by atoms with Crippen LogP contribution in [0.3, 0.4) is 0 Å². The Hall–Kier alpha value is -2.77. The third-order valence-corrected chi connectivity index (χ3v) is 5.63. The van der Waals surface area contributed by atoms with Crippen molar-refractivity contribution < 1.29 is 4.74 Å². The Morgan fingerprint density at radius 3 is 2.70 bits per heavy atom. The lowest BCUT2D eigenvalue weighted by Crippen LogP contribution is -2.23. The number of aromatic nitrogens is 3. The normalized spacial score (nSPS) is 12.3. The minimum absolute atomic E-state index is 0.175. The molecule has 0 bridgehead atoms. The molecule has 0 fully saturated rings. The van der Waals surface area contributed by atoms with Crippen LogP contribution in [0.4, 0.5) is 0 Å². The lowest BCUT2D eigenvalue weighted by Gasteiger charge is -2.02. The molecule has 0 radical (unpaired) electrons. The highest BCUT2D eigenvalue weighted by Gasteiger charge is 2.13. The van der Waals surface area contributed by atoms with Crippen molar-refractivity contribution in [2.45, 2.75) is 0 Å². The van der Waals surface area contributed by atoms with Gasteiger partial charge in [0.1, 0.15) is 5.75 Å². The van der Waals surface area contributed by atoms with Crippen molar-refractivity contribution in [3.8, 4) is 17.1 Å². The van der Waals surface area contributed by atoms with E-state index in [0.717, 1.165) is 21.3 Å². The van der Waals surface area contributed by atoms with Crippen molar-refractivity contribution in [1.29, 1.82) is 0 Å². The quantitative estimate of drug-likeness (QED) is 0.485. The summed E-state index contributed by atoms with van der Waals surface area (Å²) in [7, 11) is 1.63. The molecule has 4 aromatic rings. The van der Waals surface area contributed by atoms with Gasteiger partial charge in [0.05, 0.1) is 11.6 Å². The monoisotopic (exact) mass is 439 g/mol. The number of rotatable bonds is 4. The number of benzene rings is 2. The summed E-state index contributed by atoms with van der Waals surface area (Å²) in [4.78, 5) is 17.7. The molecule has 2 aromatic heterocycles. The minimum atomic E-state index is -0.175. The van der Waals surface area contributed by atoms with Gasteiger partial charge in [-0.25, -0.2) is 0 Å². The Morgan fingerprint density at radius 1 is 1.15 bits per heavy atom. The Morgan fingerprint density at radius 2 is 1.93 bits per heavy atom. The molecule has 5 nitrogen and oxygen atoms in total. The highest BCUT2D eigenvalue weighted by Crippen LogP contribution is 2.25. The van der Waals surface area contributed by atoms with Crippen LogP contribution in [0.25, 0.3) is 28.5 Å². The molecule has 0 N–H and O–H groups in total. The largest absolute Gasteiger partial charge is 0.496 e. The summed E-state index contributed by atoms with van der Waals surface area (Å²) in [5.74, 6) is 1.31. The minimum Gasteiger partial charge on any atom is -0.496 e. The molecule has 0 aliphatic rings. The molecule has 0 unspecified atom stereocenters. The van der Waals surface area contributed by atoms with E-state index in [-0.39, 0.29) is 5.56 Å². The van der Waals surface area contributed by atoms with Crippen LogP contribution in [0.2, 0.25) is 0 Å². The second-order valence-electron chi connectivity index (χ2n) is 5.65. The summed E-state index contributed by atoms with van der Waals surface area (Å²) in [5, 5.41) is 4.37. The molecule has 0 aliphatic heterocycles. The number of para-hydroxylation sites is 1. The van der Waals surface area contributed by atoms with Crippen molar-refractivity contribution in [1.82, 2.24) is 14.6 Å². The van der Waals surface area contributed by atoms with Crippen molar-refractivity contribution in [2.24, 2.45) is 0 Å².